The quantitative estimate of drug-likeness (QED) is 0.591. The number of benzene rings is 2. The van der Waals surface area contributed by atoms with E-state index in [0.717, 1.165) is 10.6 Å². The van der Waals surface area contributed by atoms with E-state index in [1.165, 1.54) is 6.92 Å². The fraction of sp³-hybridized carbons (Fsp3) is 0.250. The second-order valence-corrected chi connectivity index (χ2v) is 5.96. The van der Waals surface area contributed by atoms with Crippen LogP contribution in [0.2, 0.25) is 0 Å². The molecule has 2 aromatic rings. The molecule has 2 aromatic carbocycles. The molecule has 2 amide bonds. The van der Waals surface area contributed by atoms with Crippen molar-refractivity contribution in [2.45, 2.75) is 20.1 Å². The smallest absolute Gasteiger partial charge is 0.304 e. The van der Waals surface area contributed by atoms with E-state index in [9.17, 15) is 14.4 Å². The van der Waals surface area contributed by atoms with E-state index in [0.29, 0.717) is 17.7 Å². The summed E-state index contributed by atoms with van der Waals surface area (Å²) in [6.07, 6.45) is -1.000. The maximum absolute atomic E-state index is 12.7. The standard InChI is InChI=1S/C20H20N2O4/c1-3-21(15-9-5-4-6-10-15)13-18(26-14(2)23)22-19(24)16-11-7-8-12-17(16)20(22)25/h4-12,18H,3,13H2,1-2H3. The van der Waals surface area contributed by atoms with E-state index >= 15 is 0 Å². The molecule has 134 valence electrons. The summed E-state index contributed by atoms with van der Waals surface area (Å²) in [5.74, 6) is -1.43. The first-order valence-electron chi connectivity index (χ1n) is 8.47. The number of rotatable bonds is 6. The van der Waals surface area contributed by atoms with Gasteiger partial charge < -0.3 is 9.64 Å². The summed E-state index contributed by atoms with van der Waals surface area (Å²) in [6.45, 7) is 4.06. The second kappa shape index (κ2) is 7.39. The molecule has 0 saturated heterocycles. The average Bonchev–Trinajstić information content (AvgIpc) is 2.90. The Bertz CT molecular complexity index is 800. The lowest BCUT2D eigenvalue weighted by Gasteiger charge is -2.32. The van der Waals surface area contributed by atoms with Crippen LogP contribution in [0.1, 0.15) is 34.6 Å². The molecule has 1 atom stereocenters. The van der Waals surface area contributed by atoms with Crippen LogP contribution < -0.4 is 4.90 Å². The number of hydrogen-bond acceptors (Lipinski definition) is 5. The maximum Gasteiger partial charge on any atom is 0.304 e. The molecule has 0 radical (unpaired) electrons. The largest absolute Gasteiger partial charge is 0.439 e. The van der Waals surface area contributed by atoms with Crippen molar-refractivity contribution in [1.29, 1.82) is 0 Å². The molecule has 1 heterocycles. The molecule has 3 rings (SSSR count). The Morgan fingerprint density at radius 3 is 2.04 bits per heavy atom. The van der Waals surface area contributed by atoms with E-state index in [4.69, 9.17) is 4.74 Å². The Labute approximate surface area is 152 Å². The van der Waals surface area contributed by atoms with Crippen molar-refractivity contribution in [3.63, 3.8) is 0 Å². The highest BCUT2D eigenvalue weighted by Gasteiger charge is 2.41. The predicted octanol–water partition coefficient (Wildman–Crippen LogP) is 2.70. The fourth-order valence-corrected chi connectivity index (χ4v) is 3.08. The van der Waals surface area contributed by atoms with Crippen LogP contribution in [0.4, 0.5) is 5.69 Å². The number of carbonyl (C=O) groups excluding carboxylic acids is 3. The Hall–Kier alpha value is -3.15. The van der Waals surface area contributed by atoms with Gasteiger partial charge in [0.15, 0.2) is 0 Å². The van der Waals surface area contributed by atoms with Gasteiger partial charge in [0.05, 0.1) is 17.7 Å². The Kier molecular flexibility index (Phi) is 5.02. The van der Waals surface area contributed by atoms with Gasteiger partial charge in [-0.05, 0) is 31.2 Å². The number of ether oxygens (including phenoxy) is 1. The number of nitrogens with zero attached hydrogens (tertiary/aromatic N) is 2. The normalized spacial score (nSPS) is 14.2. The lowest BCUT2D eigenvalue weighted by atomic mass is 10.1. The van der Waals surface area contributed by atoms with Crippen molar-refractivity contribution in [3.05, 3.63) is 65.7 Å². The number of amides is 2. The zero-order valence-electron chi connectivity index (χ0n) is 14.7. The number of likely N-dealkylation sites (N-methyl/N-ethyl adjacent to an activating group) is 1. The highest BCUT2D eigenvalue weighted by atomic mass is 16.6. The zero-order valence-corrected chi connectivity index (χ0v) is 14.7. The molecule has 0 aromatic heterocycles. The summed E-state index contributed by atoms with van der Waals surface area (Å²) < 4.78 is 5.36. The van der Waals surface area contributed by atoms with Gasteiger partial charge in [-0.1, -0.05) is 30.3 Å². The molecule has 0 saturated carbocycles. The van der Waals surface area contributed by atoms with Crippen LogP contribution >= 0.6 is 0 Å². The van der Waals surface area contributed by atoms with Crippen molar-refractivity contribution in [1.82, 2.24) is 4.90 Å². The van der Waals surface area contributed by atoms with Gasteiger partial charge in [0.25, 0.3) is 11.8 Å². The zero-order chi connectivity index (χ0) is 18.7. The van der Waals surface area contributed by atoms with Gasteiger partial charge in [-0.15, -0.1) is 0 Å². The van der Waals surface area contributed by atoms with Gasteiger partial charge >= 0.3 is 5.97 Å². The number of anilines is 1. The Morgan fingerprint density at radius 2 is 1.54 bits per heavy atom. The minimum atomic E-state index is -1.000. The molecule has 0 N–H and O–H groups in total. The van der Waals surface area contributed by atoms with Crippen LogP contribution in [0.25, 0.3) is 0 Å². The van der Waals surface area contributed by atoms with Gasteiger partial charge in [-0.2, -0.15) is 0 Å². The van der Waals surface area contributed by atoms with Gasteiger partial charge in [0, 0.05) is 19.2 Å². The van der Waals surface area contributed by atoms with E-state index in [-0.39, 0.29) is 6.54 Å². The van der Waals surface area contributed by atoms with Crippen LogP contribution in [-0.2, 0) is 9.53 Å². The van der Waals surface area contributed by atoms with Gasteiger partial charge in [-0.3, -0.25) is 14.4 Å². The van der Waals surface area contributed by atoms with E-state index < -0.39 is 24.0 Å². The molecule has 0 aliphatic carbocycles. The molecule has 0 spiro atoms. The van der Waals surface area contributed by atoms with Gasteiger partial charge in [0.2, 0.25) is 6.23 Å². The first-order valence-corrected chi connectivity index (χ1v) is 8.47. The maximum atomic E-state index is 12.7. The van der Waals surface area contributed by atoms with Crippen LogP contribution in [-0.4, -0.2) is 42.0 Å². The Balaban J connectivity index is 1.91. The molecule has 1 aliphatic heterocycles. The van der Waals surface area contributed by atoms with Crippen LogP contribution in [0.5, 0.6) is 0 Å². The van der Waals surface area contributed by atoms with Crippen molar-refractivity contribution in [2.75, 3.05) is 18.0 Å². The van der Waals surface area contributed by atoms with Gasteiger partial charge in [0.1, 0.15) is 0 Å². The molecular weight excluding hydrogens is 332 g/mol. The summed E-state index contributed by atoms with van der Waals surface area (Å²) in [7, 11) is 0. The van der Waals surface area contributed by atoms with Crippen LogP contribution in [0, 0.1) is 0 Å². The summed E-state index contributed by atoms with van der Waals surface area (Å²) in [5, 5.41) is 0. The first-order chi connectivity index (χ1) is 12.5. The molecule has 1 unspecified atom stereocenters. The SMILES string of the molecule is CCN(CC(OC(C)=O)N1C(=O)c2ccccc2C1=O)c1ccccc1. The number of esters is 1. The summed E-state index contributed by atoms with van der Waals surface area (Å²) in [6, 6.07) is 16.2. The number of para-hydroxylation sites is 1. The van der Waals surface area contributed by atoms with Crippen molar-refractivity contribution >= 4 is 23.5 Å². The third-order valence-electron chi connectivity index (χ3n) is 4.30. The highest BCUT2D eigenvalue weighted by molar-refractivity contribution is 6.21. The van der Waals surface area contributed by atoms with E-state index in [1.54, 1.807) is 24.3 Å². The summed E-state index contributed by atoms with van der Waals surface area (Å²) in [4.78, 5) is 40.1. The molecular formula is C20H20N2O4. The molecule has 6 heteroatoms. The third kappa shape index (κ3) is 3.31. The predicted molar refractivity (Wildman–Crippen MR) is 96.8 cm³/mol. The third-order valence-corrected chi connectivity index (χ3v) is 4.30. The molecule has 0 fully saturated rings. The minimum absolute atomic E-state index is 0.200. The van der Waals surface area contributed by atoms with Crippen molar-refractivity contribution < 1.29 is 19.1 Å². The van der Waals surface area contributed by atoms with Crippen molar-refractivity contribution in [3.8, 4) is 0 Å². The number of fused-ring (bicyclic) bond motifs is 1. The Morgan fingerprint density at radius 1 is 1.00 bits per heavy atom. The lowest BCUT2D eigenvalue weighted by molar-refractivity contribution is -0.151. The summed E-state index contributed by atoms with van der Waals surface area (Å²) in [5.41, 5.74) is 1.58. The number of hydrogen-bond donors (Lipinski definition) is 0. The highest BCUT2D eigenvalue weighted by Crippen LogP contribution is 2.26. The molecule has 0 bridgehead atoms. The molecule has 1 aliphatic rings. The van der Waals surface area contributed by atoms with E-state index in [2.05, 4.69) is 0 Å². The van der Waals surface area contributed by atoms with Crippen LogP contribution in [0.15, 0.2) is 54.6 Å². The average molecular weight is 352 g/mol. The minimum Gasteiger partial charge on any atom is -0.439 e. The fourth-order valence-electron chi connectivity index (χ4n) is 3.08. The summed E-state index contributed by atoms with van der Waals surface area (Å²) >= 11 is 0. The number of carbonyl (C=O) groups is 3. The van der Waals surface area contributed by atoms with Crippen molar-refractivity contribution in [2.24, 2.45) is 0 Å². The van der Waals surface area contributed by atoms with Crippen LogP contribution in [0.3, 0.4) is 0 Å². The second-order valence-electron chi connectivity index (χ2n) is 5.96. The van der Waals surface area contributed by atoms with E-state index in [1.807, 2.05) is 42.2 Å². The van der Waals surface area contributed by atoms with Gasteiger partial charge in [-0.25, -0.2) is 4.90 Å². The lowest BCUT2D eigenvalue weighted by Crippen LogP contribution is -2.49. The molecule has 26 heavy (non-hydrogen) atoms. The number of imide groups is 1. The first kappa shape index (κ1) is 17.7. The monoisotopic (exact) mass is 352 g/mol. The topological polar surface area (TPSA) is 66.9 Å². The molecule has 6 nitrogen and oxygen atoms in total.